The maximum Gasteiger partial charge on any atom is 0.272 e. The number of nitrogens with zero attached hydrogens (tertiary/aromatic N) is 4. The van der Waals surface area contributed by atoms with Gasteiger partial charge in [0.05, 0.1) is 28.5 Å². The van der Waals surface area contributed by atoms with E-state index in [0.29, 0.717) is 47.0 Å². The van der Waals surface area contributed by atoms with Crippen molar-refractivity contribution in [2.45, 2.75) is 6.42 Å². The third kappa shape index (κ3) is 8.03. The largest absolute Gasteiger partial charge is 0.377 e. The Bertz CT molecular complexity index is 1670. The molecule has 0 radical (unpaired) electrons. The maximum absolute atomic E-state index is 13.1. The number of halogens is 1. The van der Waals surface area contributed by atoms with Gasteiger partial charge in [-0.25, -0.2) is 4.39 Å². The highest BCUT2D eigenvalue weighted by Gasteiger charge is 2.17. The highest BCUT2D eigenvalue weighted by Crippen LogP contribution is 2.18. The van der Waals surface area contributed by atoms with Crippen LogP contribution in [0.1, 0.15) is 49.0 Å². The molecule has 0 aliphatic rings. The number of benzene rings is 1. The quantitative estimate of drug-likeness (QED) is 0.166. The Kier molecular flexibility index (Phi) is 9.84. The van der Waals surface area contributed by atoms with Crippen LogP contribution in [0.3, 0.4) is 0 Å². The van der Waals surface area contributed by atoms with E-state index in [1.54, 1.807) is 98.3 Å². The molecule has 0 aliphatic heterocycles. The van der Waals surface area contributed by atoms with E-state index >= 15 is 0 Å². The van der Waals surface area contributed by atoms with Crippen molar-refractivity contribution < 1.29 is 18.8 Å². The van der Waals surface area contributed by atoms with Crippen LogP contribution in [-0.2, 0) is 14.1 Å². The van der Waals surface area contributed by atoms with E-state index in [1.807, 2.05) is 0 Å². The number of aromatic nitrogens is 3. The number of rotatable bonds is 10. The molecule has 0 bridgehead atoms. The molecule has 12 heteroatoms. The van der Waals surface area contributed by atoms with Crippen molar-refractivity contribution in [1.29, 1.82) is 0 Å². The molecule has 0 fully saturated rings. The summed E-state index contributed by atoms with van der Waals surface area (Å²) in [4.78, 5) is 46.8. The topological polar surface area (TPSA) is 134 Å². The lowest BCUT2D eigenvalue weighted by atomic mass is 10.2. The number of anilines is 2. The molecule has 1 aromatic carbocycles. The number of aryl methyl sites for hydroxylation is 2. The number of hydrogen-bond donors (Lipinski definition) is 4. The Hall–Kier alpha value is -5.52. The summed E-state index contributed by atoms with van der Waals surface area (Å²) in [5.74, 6) is -0.589. The number of carbonyl (C=O) groups is 3. The Morgan fingerprint density at radius 1 is 0.884 bits per heavy atom. The zero-order valence-electron chi connectivity index (χ0n) is 24.3. The Labute approximate surface area is 248 Å². The molecular weight excluding hydrogens is 551 g/mol. The SMILES string of the molecule is CN=C(CCNC(=O)c1cc(NC(=O)c2cc(NC(=O)c3ccc(/C=C/c4ccc(F)cc4)nc3)cn2C)cn1C)NC. The predicted molar refractivity (Wildman–Crippen MR) is 166 cm³/mol. The van der Waals surface area contributed by atoms with Crippen molar-refractivity contribution in [3.05, 3.63) is 101 Å². The van der Waals surface area contributed by atoms with E-state index in [9.17, 15) is 18.8 Å². The lowest BCUT2D eigenvalue weighted by Crippen LogP contribution is -2.30. The first-order valence-corrected chi connectivity index (χ1v) is 13.4. The van der Waals surface area contributed by atoms with Gasteiger partial charge in [0.25, 0.3) is 17.7 Å². The zero-order chi connectivity index (χ0) is 30.9. The Balaban J connectivity index is 1.34. The second-order valence-electron chi connectivity index (χ2n) is 9.64. The van der Waals surface area contributed by atoms with E-state index < -0.39 is 5.91 Å². The minimum absolute atomic E-state index is 0.273. The minimum Gasteiger partial charge on any atom is -0.377 e. The molecule has 0 saturated heterocycles. The van der Waals surface area contributed by atoms with Crippen LogP contribution in [0.2, 0.25) is 0 Å². The molecule has 4 aromatic rings. The number of amides is 3. The highest BCUT2D eigenvalue weighted by molar-refractivity contribution is 6.07. The van der Waals surface area contributed by atoms with Crippen molar-refractivity contribution in [2.24, 2.45) is 19.1 Å². The first-order chi connectivity index (χ1) is 20.7. The van der Waals surface area contributed by atoms with Gasteiger partial charge >= 0.3 is 0 Å². The van der Waals surface area contributed by atoms with Gasteiger partial charge < -0.3 is 30.4 Å². The van der Waals surface area contributed by atoms with E-state index in [0.717, 1.165) is 11.4 Å². The van der Waals surface area contributed by atoms with E-state index in [1.165, 1.54) is 18.3 Å². The standard InChI is InChI=1S/C31H33FN8O3/c1-33-28(34-2)13-14-35-30(42)26-15-25(19-39(26)3)38-31(43)27-16-24(18-40(27)4)37-29(41)21-8-12-23(36-17-21)11-7-20-5-9-22(32)10-6-20/h5-12,15-19H,13-14H2,1-4H3,(H,33,34)(H,35,42)(H,37,41)(H,38,43)/b11-7+. The van der Waals surface area contributed by atoms with E-state index in [-0.39, 0.29) is 17.6 Å². The van der Waals surface area contributed by atoms with Crippen molar-refractivity contribution in [3.63, 3.8) is 0 Å². The summed E-state index contributed by atoms with van der Waals surface area (Å²) in [5, 5.41) is 11.4. The highest BCUT2D eigenvalue weighted by atomic mass is 19.1. The fourth-order valence-electron chi connectivity index (χ4n) is 4.24. The molecular formula is C31H33FN8O3. The molecule has 3 aromatic heterocycles. The van der Waals surface area contributed by atoms with E-state index in [2.05, 4.69) is 31.2 Å². The van der Waals surface area contributed by atoms with Gasteiger partial charge in [-0.3, -0.25) is 24.4 Å². The van der Waals surface area contributed by atoms with Crippen LogP contribution in [0, 0.1) is 5.82 Å². The molecule has 3 amide bonds. The molecule has 222 valence electrons. The molecule has 11 nitrogen and oxygen atoms in total. The smallest absolute Gasteiger partial charge is 0.272 e. The van der Waals surface area contributed by atoms with Gasteiger partial charge in [-0.2, -0.15) is 0 Å². The summed E-state index contributed by atoms with van der Waals surface area (Å²) in [6, 6.07) is 12.6. The number of hydrogen-bond acceptors (Lipinski definition) is 5. The summed E-state index contributed by atoms with van der Waals surface area (Å²) in [6.07, 6.45) is 8.86. The van der Waals surface area contributed by atoms with Gasteiger partial charge in [0.1, 0.15) is 17.2 Å². The van der Waals surface area contributed by atoms with Crippen LogP contribution in [0.5, 0.6) is 0 Å². The van der Waals surface area contributed by atoms with Crippen LogP contribution in [0.4, 0.5) is 15.8 Å². The van der Waals surface area contributed by atoms with Crippen LogP contribution in [0.15, 0.2) is 72.1 Å². The van der Waals surface area contributed by atoms with Gasteiger partial charge in [0.2, 0.25) is 0 Å². The van der Waals surface area contributed by atoms with Gasteiger partial charge in [-0.1, -0.05) is 18.2 Å². The molecule has 4 N–H and O–H groups in total. The predicted octanol–water partition coefficient (Wildman–Crippen LogP) is 3.94. The van der Waals surface area contributed by atoms with Gasteiger partial charge in [0.15, 0.2) is 0 Å². The molecule has 0 unspecified atom stereocenters. The molecule has 43 heavy (non-hydrogen) atoms. The molecule has 0 aliphatic carbocycles. The average Bonchev–Trinajstić information content (AvgIpc) is 3.56. The third-order valence-corrected chi connectivity index (χ3v) is 6.56. The zero-order valence-corrected chi connectivity index (χ0v) is 24.3. The third-order valence-electron chi connectivity index (χ3n) is 6.56. The van der Waals surface area contributed by atoms with Gasteiger partial charge in [-0.05, 0) is 48.0 Å². The van der Waals surface area contributed by atoms with Crippen LogP contribution in [-0.4, -0.2) is 58.3 Å². The summed E-state index contributed by atoms with van der Waals surface area (Å²) < 4.78 is 16.3. The molecule has 0 atom stereocenters. The molecule has 0 spiro atoms. The number of nitrogens with one attached hydrogen (secondary N) is 4. The number of amidine groups is 1. The van der Waals surface area contributed by atoms with Crippen molar-refractivity contribution >= 4 is 47.1 Å². The second kappa shape index (κ2) is 13.9. The van der Waals surface area contributed by atoms with Crippen LogP contribution < -0.4 is 21.3 Å². The molecule has 4 rings (SSSR count). The lowest BCUT2D eigenvalue weighted by molar-refractivity contribution is 0.0945. The lowest BCUT2D eigenvalue weighted by Gasteiger charge is -2.07. The van der Waals surface area contributed by atoms with Crippen LogP contribution >= 0.6 is 0 Å². The number of pyridine rings is 1. The van der Waals surface area contributed by atoms with Gasteiger partial charge in [-0.15, -0.1) is 0 Å². The Morgan fingerprint density at radius 3 is 2.09 bits per heavy atom. The summed E-state index contributed by atoms with van der Waals surface area (Å²) in [5.41, 5.74) is 3.38. The monoisotopic (exact) mass is 584 g/mol. The van der Waals surface area contributed by atoms with E-state index in [4.69, 9.17) is 0 Å². The summed E-state index contributed by atoms with van der Waals surface area (Å²) in [7, 11) is 6.86. The summed E-state index contributed by atoms with van der Waals surface area (Å²) in [6.45, 7) is 0.409. The first-order valence-electron chi connectivity index (χ1n) is 13.4. The average molecular weight is 585 g/mol. The van der Waals surface area contributed by atoms with Crippen molar-refractivity contribution in [1.82, 2.24) is 24.8 Å². The fourth-order valence-corrected chi connectivity index (χ4v) is 4.24. The Morgan fingerprint density at radius 2 is 1.51 bits per heavy atom. The molecule has 3 heterocycles. The first kappa shape index (κ1) is 30.4. The number of aliphatic imine (C=N–C) groups is 1. The summed E-state index contributed by atoms with van der Waals surface area (Å²) >= 11 is 0. The second-order valence-corrected chi connectivity index (χ2v) is 9.64. The fraction of sp³-hybridized carbons (Fsp3) is 0.194. The normalized spacial score (nSPS) is 11.4. The molecule has 0 saturated carbocycles. The maximum atomic E-state index is 13.1. The van der Waals surface area contributed by atoms with Crippen molar-refractivity contribution in [2.75, 3.05) is 31.3 Å². The minimum atomic E-state index is -0.405. The van der Waals surface area contributed by atoms with Crippen LogP contribution in [0.25, 0.3) is 12.2 Å². The number of carbonyl (C=O) groups excluding carboxylic acids is 3. The van der Waals surface area contributed by atoms with Gasteiger partial charge in [0, 0.05) is 59.7 Å². The van der Waals surface area contributed by atoms with Crippen molar-refractivity contribution in [3.8, 4) is 0 Å².